The van der Waals surface area contributed by atoms with E-state index < -0.39 is 21.8 Å². The number of rotatable bonds is 8. The Hall–Kier alpha value is -4.47. The van der Waals surface area contributed by atoms with Gasteiger partial charge in [-0.25, -0.2) is 8.42 Å². The Labute approximate surface area is 252 Å². The van der Waals surface area contributed by atoms with Crippen molar-refractivity contribution in [2.75, 3.05) is 13.1 Å². The molecule has 0 unspecified atom stereocenters. The number of ether oxygens (including phenoxy) is 1. The predicted octanol–water partition coefficient (Wildman–Crippen LogP) is 5.67. The summed E-state index contributed by atoms with van der Waals surface area (Å²) in [6.07, 6.45) is 1.000. The van der Waals surface area contributed by atoms with Crippen LogP contribution < -0.4 is 15.6 Å². The van der Waals surface area contributed by atoms with Gasteiger partial charge in [-0.3, -0.25) is 20.4 Å². The first-order valence-corrected chi connectivity index (χ1v) is 15.7. The van der Waals surface area contributed by atoms with Crippen molar-refractivity contribution >= 4 is 21.8 Å². The largest absolute Gasteiger partial charge is 0.488 e. The van der Waals surface area contributed by atoms with E-state index in [-0.39, 0.29) is 10.5 Å². The van der Waals surface area contributed by atoms with Crippen LogP contribution in [0, 0.1) is 11.8 Å². The normalized spacial score (nSPS) is 17.2. The number of hydrogen-bond acceptors (Lipinski definition) is 5. The van der Waals surface area contributed by atoms with Gasteiger partial charge in [-0.1, -0.05) is 74.5 Å². The lowest BCUT2D eigenvalue weighted by Crippen LogP contribution is -2.42. The quantitative estimate of drug-likeness (QED) is 0.255. The lowest BCUT2D eigenvalue weighted by Gasteiger charge is -2.34. The number of nitrogens with one attached hydrogen (secondary N) is 2. The zero-order chi connectivity index (χ0) is 30.4. The maximum atomic E-state index is 13.1. The van der Waals surface area contributed by atoms with E-state index in [1.165, 1.54) is 28.6 Å². The van der Waals surface area contributed by atoms with Crippen molar-refractivity contribution in [2.24, 2.45) is 11.8 Å². The van der Waals surface area contributed by atoms with Gasteiger partial charge in [-0.2, -0.15) is 4.31 Å². The fourth-order valence-electron chi connectivity index (χ4n) is 5.35. The zero-order valence-corrected chi connectivity index (χ0v) is 25.0. The molecule has 1 heterocycles. The van der Waals surface area contributed by atoms with Gasteiger partial charge in [0.05, 0.1) is 4.90 Å². The highest BCUT2D eigenvalue weighted by Crippen LogP contribution is 2.30. The topological polar surface area (TPSA) is 105 Å². The standard InChI is InChI=1S/C34H35N3O5S/c1-24-20-25(2)22-37(21-24)43(40,41)30-18-16-29(17-19-30)34(39)36-35-33(38)28-14-12-26(13-15-28)23-42-32-11-7-6-10-31(32)27-8-4-3-5-9-27/h3-19,24-25H,20-23H2,1-2H3,(H,35,38)(H,36,39)/t24-,25-/m1/s1. The van der Waals surface area contributed by atoms with Crippen molar-refractivity contribution in [1.29, 1.82) is 0 Å². The number of carbonyl (C=O) groups is 2. The van der Waals surface area contributed by atoms with Crippen LogP contribution in [0.5, 0.6) is 5.75 Å². The van der Waals surface area contributed by atoms with E-state index in [1.807, 2.05) is 54.6 Å². The van der Waals surface area contributed by atoms with Crippen LogP contribution in [-0.2, 0) is 16.6 Å². The van der Waals surface area contributed by atoms with Crippen LogP contribution in [0.2, 0.25) is 0 Å². The number of piperidine rings is 1. The number of para-hydroxylation sites is 1. The first-order chi connectivity index (χ1) is 20.7. The second-order valence-electron chi connectivity index (χ2n) is 11.0. The highest BCUT2D eigenvalue weighted by molar-refractivity contribution is 7.89. The van der Waals surface area contributed by atoms with Gasteiger partial charge >= 0.3 is 0 Å². The minimum atomic E-state index is -3.65. The van der Waals surface area contributed by atoms with Crippen LogP contribution >= 0.6 is 0 Å². The monoisotopic (exact) mass is 597 g/mol. The first kappa shape index (κ1) is 30.0. The van der Waals surface area contributed by atoms with Crippen molar-refractivity contribution in [1.82, 2.24) is 15.2 Å². The summed E-state index contributed by atoms with van der Waals surface area (Å²) in [5.74, 6) is 0.306. The van der Waals surface area contributed by atoms with Crippen LogP contribution in [0.15, 0.2) is 108 Å². The van der Waals surface area contributed by atoms with E-state index in [0.29, 0.717) is 37.1 Å². The Kier molecular flexibility index (Phi) is 9.23. The molecule has 9 heteroatoms. The van der Waals surface area contributed by atoms with Crippen LogP contribution in [0.25, 0.3) is 11.1 Å². The molecule has 2 N–H and O–H groups in total. The highest BCUT2D eigenvalue weighted by Gasteiger charge is 2.31. The molecule has 0 aliphatic carbocycles. The summed E-state index contributed by atoms with van der Waals surface area (Å²) >= 11 is 0. The molecule has 4 aromatic rings. The Morgan fingerprint density at radius 3 is 1.88 bits per heavy atom. The van der Waals surface area contributed by atoms with Gasteiger partial charge in [-0.05, 0) is 71.8 Å². The van der Waals surface area contributed by atoms with Gasteiger partial charge in [0.25, 0.3) is 11.8 Å². The molecule has 2 amide bonds. The molecule has 0 saturated carbocycles. The predicted molar refractivity (Wildman–Crippen MR) is 166 cm³/mol. The van der Waals surface area contributed by atoms with Gasteiger partial charge in [0.2, 0.25) is 10.0 Å². The number of carbonyl (C=O) groups excluding carboxylic acids is 2. The fourth-order valence-corrected chi connectivity index (χ4v) is 7.03. The molecule has 5 rings (SSSR count). The molecule has 1 aliphatic rings. The van der Waals surface area contributed by atoms with Gasteiger partial charge in [0, 0.05) is 29.8 Å². The second kappa shape index (κ2) is 13.2. The van der Waals surface area contributed by atoms with Gasteiger partial charge in [0.15, 0.2) is 0 Å². The summed E-state index contributed by atoms with van der Waals surface area (Å²) < 4.78 is 33.8. The molecule has 1 aliphatic heterocycles. The lowest BCUT2D eigenvalue weighted by atomic mass is 9.94. The Bertz CT molecular complexity index is 1660. The van der Waals surface area contributed by atoms with Crippen LogP contribution in [0.3, 0.4) is 0 Å². The molecule has 1 fully saturated rings. The van der Waals surface area contributed by atoms with Gasteiger partial charge < -0.3 is 4.74 Å². The molecule has 222 valence electrons. The average molecular weight is 598 g/mol. The summed E-state index contributed by atoms with van der Waals surface area (Å²) in [7, 11) is -3.65. The molecule has 2 atom stereocenters. The van der Waals surface area contributed by atoms with E-state index >= 15 is 0 Å². The smallest absolute Gasteiger partial charge is 0.269 e. The molecule has 0 bridgehead atoms. The number of hydrogen-bond donors (Lipinski definition) is 2. The van der Waals surface area contributed by atoms with E-state index in [4.69, 9.17) is 4.74 Å². The molecular formula is C34H35N3O5S. The number of hydrazine groups is 1. The van der Waals surface area contributed by atoms with Crippen molar-refractivity contribution < 1.29 is 22.7 Å². The summed E-state index contributed by atoms with van der Waals surface area (Å²) in [5, 5.41) is 0. The maximum absolute atomic E-state index is 13.1. The number of benzene rings is 4. The highest BCUT2D eigenvalue weighted by atomic mass is 32.2. The van der Waals surface area contributed by atoms with Crippen LogP contribution in [0.1, 0.15) is 46.5 Å². The number of sulfonamides is 1. The Morgan fingerprint density at radius 1 is 0.744 bits per heavy atom. The van der Waals surface area contributed by atoms with E-state index in [9.17, 15) is 18.0 Å². The number of amides is 2. The fraction of sp³-hybridized carbons (Fsp3) is 0.235. The lowest BCUT2D eigenvalue weighted by molar-refractivity contribution is 0.0846. The average Bonchev–Trinajstić information content (AvgIpc) is 3.03. The molecule has 1 saturated heterocycles. The van der Waals surface area contributed by atoms with E-state index in [1.54, 1.807) is 24.3 Å². The maximum Gasteiger partial charge on any atom is 0.269 e. The van der Waals surface area contributed by atoms with Crippen LogP contribution in [-0.4, -0.2) is 37.6 Å². The zero-order valence-electron chi connectivity index (χ0n) is 24.2. The van der Waals surface area contributed by atoms with E-state index in [0.717, 1.165) is 28.9 Å². The molecular weight excluding hydrogens is 562 g/mol. The second-order valence-corrected chi connectivity index (χ2v) is 13.0. The van der Waals surface area contributed by atoms with Crippen molar-refractivity contribution in [2.45, 2.75) is 31.8 Å². The third-order valence-corrected chi connectivity index (χ3v) is 9.31. The molecule has 8 nitrogen and oxygen atoms in total. The van der Waals surface area contributed by atoms with Gasteiger partial charge in [0.1, 0.15) is 12.4 Å². The summed E-state index contributed by atoms with van der Waals surface area (Å²) in [6.45, 7) is 5.39. The molecule has 0 aromatic heterocycles. The molecule has 4 aromatic carbocycles. The molecule has 0 radical (unpaired) electrons. The van der Waals surface area contributed by atoms with Crippen molar-refractivity contribution in [3.63, 3.8) is 0 Å². The van der Waals surface area contributed by atoms with E-state index in [2.05, 4.69) is 24.7 Å². The third kappa shape index (κ3) is 7.31. The minimum absolute atomic E-state index is 0.141. The summed E-state index contributed by atoms with van der Waals surface area (Å²) in [4.78, 5) is 25.4. The minimum Gasteiger partial charge on any atom is -0.488 e. The summed E-state index contributed by atoms with van der Waals surface area (Å²) in [6, 6.07) is 30.5. The summed E-state index contributed by atoms with van der Waals surface area (Å²) in [5.41, 5.74) is 8.33. The number of nitrogens with zero attached hydrogens (tertiary/aromatic N) is 1. The third-order valence-electron chi connectivity index (χ3n) is 7.46. The van der Waals surface area contributed by atoms with Gasteiger partial charge in [-0.15, -0.1) is 0 Å². The van der Waals surface area contributed by atoms with Crippen LogP contribution in [0.4, 0.5) is 0 Å². The SMILES string of the molecule is C[C@@H]1C[C@@H](C)CN(S(=O)(=O)c2ccc(C(=O)NNC(=O)c3ccc(COc4ccccc4-c4ccccc4)cc3)cc2)C1. The molecule has 0 spiro atoms. The first-order valence-electron chi connectivity index (χ1n) is 14.3. The van der Waals surface area contributed by atoms with Crippen molar-refractivity contribution in [3.8, 4) is 16.9 Å². The Balaban J connectivity index is 1.14. The Morgan fingerprint density at radius 2 is 1.28 bits per heavy atom. The van der Waals surface area contributed by atoms with Crippen molar-refractivity contribution in [3.05, 3.63) is 120 Å². The molecule has 43 heavy (non-hydrogen) atoms.